The lowest BCUT2D eigenvalue weighted by Gasteiger charge is -2.22. The van der Waals surface area contributed by atoms with E-state index in [2.05, 4.69) is 60.4 Å². The van der Waals surface area contributed by atoms with Crippen molar-refractivity contribution >= 4 is 35.6 Å². The summed E-state index contributed by atoms with van der Waals surface area (Å²) in [6, 6.07) is 9.16. The Morgan fingerprint density at radius 3 is 2.78 bits per heavy atom. The van der Waals surface area contributed by atoms with Crippen LogP contribution in [-0.4, -0.2) is 69.8 Å². The van der Waals surface area contributed by atoms with E-state index in [1.807, 2.05) is 12.1 Å². The summed E-state index contributed by atoms with van der Waals surface area (Å²) >= 11 is 0. The Kier molecular flexibility index (Phi) is 10.8. The topological polar surface area (TPSA) is 52.1 Å². The first-order valence-electron chi connectivity index (χ1n) is 9.68. The van der Waals surface area contributed by atoms with Gasteiger partial charge in [0.25, 0.3) is 0 Å². The molecule has 0 spiro atoms. The van der Waals surface area contributed by atoms with E-state index in [1.165, 1.54) is 5.69 Å². The van der Waals surface area contributed by atoms with E-state index in [-0.39, 0.29) is 24.0 Å². The number of hydrogen-bond acceptors (Lipinski definition) is 4. The highest BCUT2D eigenvalue weighted by Gasteiger charge is 2.25. The quantitative estimate of drug-likeness (QED) is 0.334. The summed E-state index contributed by atoms with van der Waals surface area (Å²) in [7, 11) is 3.87. The van der Waals surface area contributed by atoms with E-state index in [0.29, 0.717) is 12.1 Å². The molecule has 7 heteroatoms. The van der Waals surface area contributed by atoms with Crippen molar-refractivity contribution < 1.29 is 4.74 Å². The third-order valence-corrected chi connectivity index (χ3v) is 4.90. The Balaban J connectivity index is 0.00000364. The van der Waals surface area contributed by atoms with Gasteiger partial charge in [0, 0.05) is 38.3 Å². The molecule has 1 aliphatic heterocycles. The molecule has 0 aromatic heterocycles. The molecule has 154 valence electrons. The van der Waals surface area contributed by atoms with Gasteiger partial charge in [-0.2, -0.15) is 0 Å². The molecule has 1 heterocycles. The molecule has 1 atom stereocenters. The number of aliphatic imine (C=N–C) groups is 1. The van der Waals surface area contributed by atoms with Crippen LogP contribution in [0.4, 0.5) is 5.69 Å². The lowest BCUT2D eigenvalue weighted by atomic mass is 10.2. The Morgan fingerprint density at radius 1 is 1.37 bits per heavy atom. The van der Waals surface area contributed by atoms with Gasteiger partial charge in [-0.05, 0) is 46.4 Å². The fourth-order valence-corrected chi connectivity index (χ4v) is 3.08. The van der Waals surface area contributed by atoms with Crippen molar-refractivity contribution in [2.45, 2.75) is 39.3 Å². The fourth-order valence-electron chi connectivity index (χ4n) is 3.08. The number of nitrogens with one attached hydrogen (secondary N) is 2. The van der Waals surface area contributed by atoms with Gasteiger partial charge in [0.1, 0.15) is 5.75 Å². The highest BCUT2D eigenvalue weighted by Crippen LogP contribution is 2.30. The summed E-state index contributed by atoms with van der Waals surface area (Å²) < 4.78 is 5.50. The minimum atomic E-state index is 0. The van der Waals surface area contributed by atoms with E-state index >= 15 is 0 Å². The van der Waals surface area contributed by atoms with Crippen molar-refractivity contribution in [3.05, 3.63) is 24.3 Å². The predicted molar refractivity (Wildman–Crippen MR) is 126 cm³/mol. The second-order valence-electron chi connectivity index (χ2n) is 7.08. The van der Waals surface area contributed by atoms with Gasteiger partial charge in [-0.25, -0.2) is 0 Å². The van der Waals surface area contributed by atoms with Gasteiger partial charge in [0.15, 0.2) is 5.96 Å². The fraction of sp³-hybridized carbons (Fsp3) is 0.650. The molecule has 0 saturated carbocycles. The molecule has 2 N–H and O–H groups in total. The number of halogens is 1. The number of hydrogen-bond donors (Lipinski definition) is 2. The largest absolute Gasteiger partial charge is 0.495 e. The highest BCUT2D eigenvalue weighted by molar-refractivity contribution is 14.0. The zero-order chi connectivity index (χ0) is 18.9. The Morgan fingerprint density at radius 2 is 2.11 bits per heavy atom. The van der Waals surface area contributed by atoms with Gasteiger partial charge in [-0.15, -0.1) is 24.0 Å². The van der Waals surface area contributed by atoms with Crippen LogP contribution in [0.1, 0.15) is 27.2 Å². The Hall–Kier alpha value is -1.22. The van der Waals surface area contributed by atoms with E-state index in [1.54, 1.807) is 7.11 Å². The lowest BCUT2D eigenvalue weighted by molar-refractivity contribution is 0.282. The molecule has 1 aromatic carbocycles. The molecule has 2 rings (SSSR count). The Bertz CT molecular complexity index is 581. The number of rotatable bonds is 8. The molecule has 1 fully saturated rings. The van der Waals surface area contributed by atoms with Gasteiger partial charge in [0.2, 0.25) is 0 Å². The summed E-state index contributed by atoms with van der Waals surface area (Å²) in [5.74, 6) is 1.85. The number of ether oxygens (including phenoxy) is 1. The zero-order valence-electron chi connectivity index (χ0n) is 17.4. The van der Waals surface area contributed by atoms with E-state index < -0.39 is 0 Å². The third-order valence-electron chi connectivity index (χ3n) is 4.90. The van der Waals surface area contributed by atoms with Crippen LogP contribution in [0.25, 0.3) is 0 Å². The van der Waals surface area contributed by atoms with Crippen LogP contribution in [0.5, 0.6) is 5.75 Å². The molecule has 1 unspecified atom stereocenters. The predicted octanol–water partition coefficient (Wildman–Crippen LogP) is 2.79. The van der Waals surface area contributed by atoms with Gasteiger partial charge >= 0.3 is 0 Å². The maximum Gasteiger partial charge on any atom is 0.191 e. The van der Waals surface area contributed by atoms with Crippen molar-refractivity contribution in [1.82, 2.24) is 15.5 Å². The molecule has 1 saturated heterocycles. The average Bonchev–Trinajstić information content (AvgIpc) is 3.09. The average molecular weight is 489 g/mol. The molecule has 0 amide bonds. The number of guanidine groups is 1. The van der Waals surface area contributed by atoms with Gasteiger partial charge in [-0.1, -0.05) is 12.1 Å². The lowest BCUT2D eigenvalue weighted by Crippen LogP contribution is -2.45. The Labute approximate surface area is 181 Å². The standard InChI is InChI=1S/C20H35N5O.HI/c1-6-21-20(22-12-14-24(4)16(2)3)23-17-11-13-25(15-17)18-9-7-8-10-19(18)26-5;/h7-10,16-17H,6,11-15H2,1-5H3,(H2,21,22,23);1H. The van der Waals surface area contributed by atoms with Crippen LogP contribution in [0.15, 0.2) is 29.3 Å². The monoisotopic (exact) mass is 489 g/mol. The van der Waals surface area contributed by atoms with Gasteiger partial charge in [0.05, 0.1) is 19.3 Å². The van der Waals surface area contributed by atoms with Crippen LogP contribution in [0, 0.1) is 0 Å². The molecule has 0 radical (unpaired) electrons. The number of para-hydroxylation sites is 2. The SMILES string of the molecule is CCNC(=NCCN(C)C(C)C)NC1CCN(c2ccccc2OC)C1.I. The normalized spacial score (nSPS) is 17.2. The summed E-state index contributed by atoms with van der Waals surface area (Å²) in [6.07, 6.45) is 1.09. The summed E-state index contributed by atoms with van der Waals surface area (Å²) in [5.41, 5.74) is 1.17. The molecule has 1 aliphatic rings. The van der Waals surface area contributed by atoms with Crippen LogP contribution in [-0.2, 0) is 0 Å². The van der Waals surface area contributed by atoms with Crippen molar-refractivity contribution in [1.29, 1.82) is 0 Å². The second kappa shape index (κ2) is 12.3. The highest BCUT2D eigenvalue weighted by atomic mass is 127. The summed E-state index contributed by atoms with van der Waals surface area (Å²) in [6.45, 7) is 11.1. The number of benzene rings is 1. The van der Waals surface area contributed by atoms with Gasteiger partial charge < -0.3 is 25.2 Å². The van der Waals surface area contributed by atoms with E-state index in [0.717, 1.165) is 50.9 Å². The first kappa shape index (κ1) is 23.8. The van der Waals surface area contributed by atoms with Crippen molar-refractivity contribution in [2.24, 2.45) is 4.99 Å². The molecule has 0 aliphatic carbocycles. The van der Waals surface area contributed by atoms with Crippen LogP contribution in [0.3, 0.4) is 0 Å². The summed E-state index contributed by atoms with van der Waals surface area (Å²) in [5, 5.41) is 6.96. The first-order chi connectivity index (χ1) is 12.5. The molecular formula is C20H36IN5O. The smallest absolute Gasteiger partial charge is 0.191 e. The van der Waals surface area contributed by atoms with Crippen LogP contribution < -0.4 is 20.3 Å². The van der Waals surface area contributed by atoms with Crippen molar-refractivity contribution in [2.75, 3.05) is 51.8 Å². The van der Waals surface area contributed by atoms with Crippen LogP contribution in [0.2, 0.25) is 0 Å². The molecule has 27 heavy (non-hydrogen) atoms. The van der Waals surface area contributed by atoms with Crippen LogP contribution >= 0.6 is 24.0 Å². The summed E-state index contributed by atoms with van der Waals surface area (Å²) in [4.78, 5) is 9.43. The number of likely N-dealkylation sites (N-methyl/N-ethyl adjacent to an activating group) is 1. The van der Waals surface area contributed by atoms with Crippen molar-refractivity contribution in [3.8, 4) is 5.75 Å². The van der Waals surface area contributed by atoms with Crippen molar-refractivity contribution in [3.63, 3.8) is 0 Å². The second-order valence-corrected chi connectivity index (χ2v) is 7.08. The molecule has 1 aromatic rings. The van der Waals surface area contributed by atoms with E-state index in [9.17, 15) is 0 Å². The number of nitrogens with zero attached hydrogens (tertiary/aromatic N) is 3. The number of methoxy groups -OCH3 is 1. The minimum Gasteiger partial charge on any atom is -0.495 e. The minimum absolute atomic E-state index is 0. The zero-order valence-corrected chi connectivity index (χ0v) is 19.7. The molecular weight excluding hydrogens is 453 g/mol. The molecule has 0 bridgehead atoms. The number of anilines is 1. The van der Waals surface area contributed by atoms with Gasteiger partial charge in [-0.3, -0.25) is 4.99 Å². The third kappa shape index (κ3) is 7.37. The van der Waals surface area contributed by atoms with E-state index in [4.69, 9.17) is 9.73 Å². The molecule has 6 nitrogen and oxygen atoms in total. The maximum absolute atomic E-state index is 5.50. The maximum atomic E-state index is 5.50. The first-order valence-corrected chi connectivity index (χ1v) is 9.68.